The number of anilines is 1. The Morgan fingerprint density at radius 1 is 1.35 bits per heavy atom. The molecule has 7 nitrogen and oxygen atoms in total. The van der Waals surface area contributed by atoms with Crippen molar-refractivity contribution in [2.45, 2.75) is 24.3 Å². The Bertz CT molecular complexity index is 988. The lowest BCUT2D eigenvalue weighted by atomic mass is 9.92. The fourth-order valence-electron chi connectivity index (χ4n) is 2.77. The van der Waals surface area contributed by atoms with Gasteiger partial charge in [0.15, 0.2) is 9.84 Å². The summed E-state index contributed by atoms with van der Waals surface area (Å²) in [4.78, 5) is 0.0871. The van der Waals surface area contributed by atoms with E-state index in [1.165, 1.54) is 11.1 Å². The number of fused-ring (bicyclic) bond motifs is 1. The van der Waals surface area contributed by atoms with E-state index in [2.05, 4.69) is 11.2 Å². The van der Waals surface area contributed by atoms with E-state index in [4.69, 9.17) is 10.5 Å². The van der Waals surface area contributed by atoms with Crippen LogP contribution >= 0.6 is 12.4 Å². The molecular formula is C17H19ClN4O3S. The molecule has 9 heteroatoms. The highest BCUT2D eigenvalue weighted by atomic mass is 35.5. The summed E-state index contributed by atoms with van der Waals surface area (Å²) in [7, 11) is -3.50. The van der Waals surface area contributed by atoms with Gasteiger partial charge in [-0.25, -0.2) is 13.4 Å². The van der Waals surface area contributed by atoms with Crippen LogP contribution in [-0.4, -0.2) is 32.6 Å². The van der Waals surface area contributed by atoms with Crippen molar-refractivity contribution in [1.29, 1.82) is 5.26 Å². The normalized spacial score (nSPS) is 18.9. The van der Waals surface area contributed by atoms with Gasteiger partial charge in [0.25, 0.3) is 0 Å². The van der Waals surface area contributed by atoms with Crippen LogP contribution in [-0.2, 0) is 14.6 Å². The zero-order valence-corrected chi connectivity index (χ0v) is 16.2. The van der Waals surface area contributed by atoms with Gasteiger partial charge in [-0.3, -0.25) is 0 Å². The van der Waals surface area contributed by atoms with Crippen molar-refractivity contribution in [3.8, 4) is 6.07 Å². The van der Waals surface area contributed by atoms with Crippen molar-refractivity contribution >= 4 is 33.6 Å². The first kappa shape index (κ1) is 20.0. The minimum atomic E-state index is -3.50. The largest absolute Gasteiger partial charge is 0.383 e. The number of benzene rings is 1. The molecule has 0 atom stereocenters. The van der Waals surface area contributed by atoms with Gasteiger partial charge >= 0.3 is 0 Å². The van der Waals surface area contributed by atoms with Crippen LogP contribution in [0.15, 0.2) is 57.3 Å². The maximum atomic E-state index is 12.1. The number of allylic oxidation sites excluding steroid dienone is 1. The predicted octanol–water partition coefficient (Wildman–Crippen LogP) is 2.12. The Labute approximate surface area is 158 Å². The third kappa shape index (κ3) is 3.46. The van der Waals surface area contributed by atoms with E-state index in [-0.39, 0.29) is 35.3 Å². The molecule has 0 unspecified atom stereocenters. The number of ether oxygens (including phenoxy) is 1. The fraction of sp³-hybridized carbons (Fsp3) is 0.294. The van der Waals surface area contributed by atoms with Crippen LogP contribution in [0.4, 0.5) is 5.69 Å². The molecule has 0 saturated carbocycles. The summed E-state index contributed by atoms with van der Waals surface area (Å²) < 4.78 is 29.9. The third-order valence-electron chi connectivity index (χ3n) is 3.96. The molecule has 2 aliphatic rings. The summed E-state index contributed by atoms with van der Waals surface area (Å²) >= 11 is 0. The molecule has 2 N–H and O–H groups in total. The molecule has 2 aliphatic heterocycles. The highest BCUT2D eigenvalue weighted by Crippen LogP contribution is 2.35. The van der Waals surface area contributed by atoms with Crippen molar-refractivity contribution in [2.24, 2.45) is 10.8 Å². The van der Waals surface area contributed by atoms with E-state index in [1.807, 2.05) is 13.8 Å². The Morgan fingerprint density at radius 2 is 2.00 bits per heavy atom. The van der Waals surface area contributed by atoms with Gasteiger partial charge < -0.3 is 10.5 Å². The number of halogens is 1. The van der Waals surface area contributed by atoms with Crippen LogP contribution in [0.5, 0.6) is 0 Å². The molecule has 0 aromatic heterocycles. The van der Waals surface area contributed by atoms with Gasteiger partial charge in [-0.15, -0.1) is 12.4 Å². The van der Waals surface area contributed by atoms with E-state index in [0.29, 0.717) is 17.0 Å². The van der Waals surface area contributed by atoms with Crippen molar-refractivity contribution in [1.82, 2.24) is 0 Å². The van der Waals surface area contributed by atoms with Crippen molar-refractivity contribution in [3.05, 3.63) is 47.3 Å². The number of hydrogen-bond donors (Lipinski definition) is 1. The van der Waals surface area contributed by atoms with Gasteiger partial charge in [0.05, 0.1) is 28.5 Å². The van der Waals surface area contributed by atoms with E-state index < -0.39 is 15.4 Å². The topological polar surface area (TPSA) is 109 Å². The second-order valence-corrected chi connectivity index (χ2v) is 8.40. The molecule has 1 aromatic rings. The molecule has 0 amide bonds. The Kier molecular flexibility index (Phi) is 5.19. The molecule has 3 rings (SSSR count). The minimum Gasteiger partial charge on any atom is -0.383 e. The summed E-state index contributed by atoms with van der Waals surface area (Å²) in [6, 6.07) is 8.51. The summed E-state index contributed by atoms with van der Waals surface area (Å²) in [6.07, 6.45) is 2.92. The van der Waals surface area contributed by atoms with Gasteiger partial charge in [0, 0.05) is 11.8 Å². The highest BCUT2D eigenvalue weighted by molar-refractivity contribution is 7.90. The first-order chi connectivity index (χ1) is 11.6. The molecule has 0 spiro atoms. The summed E-state index contributed by atoms with van der Waals surface area (Å²) in [5, 5.41) is 15.3. The molecule has 0 bridgehead atoms. The molecule has 2 heterocycles. The van der Waals surface area contributed by atoms with Crippen LogP contribution < -0.4 is 10.7 Å². The van der Waals surface area contributed by atoms with Crippen molar-refractivity contribution < 1.29 is 13.2 Å². The maximum Gasteiger partial charge on any atom is 0.177 e. The quantitative estimate of drug-likeness (QED) is 0.822. The Balaban J connectivity index is 0.00000243. The number of para-hydroxylation sites is 1. The lowest BCUT2D eigenvalue weighted by Crippen LogP contribution is -2.39. The minimum absolute atomic E-state index is 0. The van der Waals surface area contributed by atoms with Crippen LogP contribution in [0.2, 0.25) is 0 Å². The standard InChI is InChI=1S/C17H18N4O3S.ClH/c1-17(2)8-11-12(9-18)16(19)21(20-13(11)10-24-17)14-6-4-5-7-15(14)25(3,22)23;/h4-8H,10,19H2,1-3H3;1H. The van der Waals surface area contributed by atoms with Crippen LogP contribution in [0.1, 0.15) is 13.8 Å². The lowest BCUT2D eigenvalue weighted by molar-refractivity contribution is 0.0409. The molecular weight excluding hydrogens is 376 g/mol. The molecule has 138 valence electrons. The first-order valence-corrected chi connectivity index (χ1v) is 9.47. The Morgan fingerprint density at radius 3 is 2.62 bits per heavy atom. The highest BCUT2D eigenvalue weighted by Gasteiger charge is 2.34. The summed E-state index contributed by atoms with van der Waals surface area (Å²) in [5.74, 6) is 0.0892. The number of sulfone groups is 1. The fourth-order valence-corrected chi connectivity index (χ4v) is 3.63. The van der Waals surface area contributed by atoms with Gasteiger partial charge in [-0.2, -0.15) is 10.4 Å². The molecule has 0 saturated heterocycles. The third-order valence-corrected chi connectivity index (χ3v) is 5.11. The molecule has 0 radical (unpaired) electrons. The second kappa shape index (κ2) is 6.76. The average molecular weight is 395 g/mol. The zero-order valence-electron chi connectivity index (χ0n) is 14.6. The number of nitrogens with zero attached hydrogens (tertiary/aromatic N) is 3. The first-order valence-electron chi connectivity index (χ1n) is 7.58. The van der Waals surface area contributed by atoms with Crippen molar-refractivity contribution in [3.63, 3.8) is 0 Å². The summed E-state index contributed by atoms with van der Waals surface area (Å²) in [5.41, 5.74) is 7.35. The van der Waals surface area contributed by atoms with Gasteiger partial charge in [-0.05, 0) is 32.1 Å². The number of rotatable bonds is 2. The molecule has 0 aliphatic carbocycles. The van der Waals surface area contributed by atoms with Crippen molar-refractivity contribution in [2.75, 3.05) is 17.9 Å². The average Bonchev–Trinajstić information content (AvgIpc) is 2.53. The summed E-state index contributed by atoms with van der Waals surface area (Å²) in [6.45, 7) is 3.97. The molecule has 26 heavy (non-hydrogen) atoms. The number of hydrazone groups is 1. The second-order valence-electron chi connectivity index (χ2n) is 6.42. The van der Waals surface area contributed by atoms with Crippen LogP contribution in [0, 0.1) is 11.3 Å². The maximum absolute atomic E-state index is 12.1. The van der Waals surface area contributed by atoms with Gasteiger partial charge in [0.2, 0.25) is 0 Å². The van der Waals surface area contributed by atoms with Crippen LogP contribution in [0.3, 0.4) is 0 Å². The monoisotopic (exact) mass is 394 g/mol. The van der Waals surface area contributed by atoms with Gasteiger partial charge in [-0.1, -0.05) is 12.1 Å². The Hall–Kier alpha value is -2.34. The van der Waals surface area contributed by atoms with E-state index >= 15 is 0 Å². The predicted molar refractivity (Wildman–Crippen MR) is 102 cm³/mol. The number of hydrogen-bond acceptors (Lipinski definition) is 7. The van der Waals surface area contributed by atoms with E-state index in [9.17, 15) is 13.7 Å². The molecule has 1 aromatic carbocycles. The number of nitrogens with two attached hydrogens (primary N) is 1. The van der Waals surface area contributed by atoms with Crippen LogP contribution in [0.25, 0.3) is 0 Å². The van der Waals surface area contributed by atoms with E-state index in [0.717, 1.165) is 6.26 Å². The molecule has 0 fully saturated rings. The number of nitriles is 1. The van der Waals surface area contributed by atoms with Gasteiger partial charge in [0.1, 0.15) is 17.5 Å². The zero-order chi connectivity index (χ0) is 18.4. The SMILES string of the molecule is CC1(C)C=C2C(=NN(c3ccccc3S(C)(=O)=O)C(N)=C2C#N)CO1.Cl. The van der Waals surface area contributed by atoms with E-state index in [1.54, 1.807) is 24.3 Å². The smallest absolute Gasteiger partial charge is 0.177 e. The lowest BCUT2D eigenvalue weighted by Gasteiger charge is -2.34.